The van der Waals surface area contributed by atoms with Crippen molar-refractivity contribution in [3.05, 3.63) is 70.4 Å². The van der Waals surface area contributed by atoms with Crippen LogP contribution >= 0.6 is 11.6 Å². The van der Waals surface area contributed by atoms with E-state index in [4.69, 9.17) is 16.3 Å². The van der Waals surface area contributed by atoms with Gasteiger partial charge in [0.25, 0.3) is 0 Å². The van der Waals surface area contributed by atoms with Gasteiger partial charge in [0.15, 0.2) is 0 Å². The van der Waals surface area contributed by atoms with E-state index in [0.29, 0.717) is 36.0 Å². The zero-order valence-electron chi connectivity index (χ0n) is 17.0. The standard InChI is InChI=1S/C23H20ClF3N4O/c24-18-3-1-2-4-20(18)31-12-11-17-19(13-31)29-22(32-16-9-10-16)30-21(17)28-15-7-5-14(6-8-15)23(25,26)27/h1-8,16H,9-13H2,(H,28,29,30). The number of hydrogen-bond donors (Lipinski definition) is 1. The van der Waals surface area contributed by atoms with Crippen LogP contribution in [0.5, 0.6) is 6.01 Å². The average Bonchev–Trinajstić information content (AvgIpc) is 3.57. The molecule has 32 heavy (non-hydrogen) atoms. The first-order valence-electron chi connectivity index (χ1n) is 10.4. The van der Waals surface area contributed by atoms with Gasteiger partial charge in [0.05, 0.1) is 28.5 Å². The van der Waals surface area contributed by atoms with Crippen molar-refractivity contribution in [2.24, 2.45) is 0 Å². The Morgan fingerprint density at radius 3 is 2.47 bits per heavy atom. The monoisotopic (exact) mass is 460 g/mol. The lowest BCUT2D eigenvalue weighted by molar-refractivity contribution is -0.137. The van der Waals surface area contributed by atoms with Crippen molar-refractivity contribution in [3.63, 3.8) is 0 Å². The molecule has 2 aromatic carbocycles. The third-order valence-corrected chi connectivity index (χ3v) is 5.83. The van der Waals surface area contributed by atoms with Gasteiger partial charge < -0.3 is 15.0 Å². The van der Waals surface area contributed by atoms with Crippen molar-refractivity contribution in [2.45, 2.75) is 38.1 Å². The van der Waals surface area contributed by atoms with Crippen molar-refractivity contribution in [3.8, 4) is 6.01 Å². The van der Waals surface area contributed by atoms with Crippen LogP contribution in [0.4, 0.5) is 30.4 Å². The van der Waals surface area contributed by atoms with Crippen molar-refractivity contribution in [1.29, 1.82) is 0 Å². The topological polar surface area (TPSA) is 50.3 Å². The van der Waals surface area contributed by atoms with E-state index < -0.39 is 11.7 Å². The SMILES string of the molecule is FC(F)(F)c1ccc(Nc2nc(OC3CC3)nc3c2CCN(c2ccccc2Cl)C3)cc1. The maximum absolute atomic E-state index is 12.9. The van der Waals surface area contributed by atoms with Crippen LogP contribution < -0.4 is 15.0 Å². The lowest BCUT2D eigenvalue weighted by atomic mass is 10.0. The molecule has 0 amide bonds. The van der Waals surface area contributed by atoms with Gasteiger partial charge in [0, 0.05) is 17.8 Å². The molecule has 1 N–H and O–H groups in total. The molecule has 3 aromatic rings. The van der Waals surface area contributed by atoms with E-state index >= 15 is 0 Å². The van der Waals surface area contributed by atoms with E-state index in [1.807, 2.05) is 24.3 Å². The summed E-state index contributed by atoms with van der Waals surface area (Å²) in [6, 6.07) is 12.8. The zero-order valence-corrected chi connectivity index (χ0v) is 17.7. The molecule has 1 aliphatic heterocycles. The minimum atomic E-state index is -4.37. The lowest BCUT2D eigenvalue weighted by Gasteiger charge is -2.31. The fourth-order valence-electron chi connectivity index (χ4n) is 3.69. The van der Waals surface area contributed by atoms with Crippen LogP contribution in [-0.2, 0) is 19.1 Å². The molecule has 1 aliphatic carbocycles. The molecule has 1 aromatic heterocycles. The highest BCUT2D eigenvalue weighted by Gasteiger charge is 2.31. The van der Waals surface area contributed by atoms with E-state index in [0.717, 1.165) is 41.9 Å². The summed E-state index contributed by atoms with van der Waals surface area (Å²) in [4.78, 5) is 11.3. The third kappa shape index (κ3) is 4.46. The smallest absolute Gasteiger partial charge is 0.416 e. The molecule has 2 aliphatic rings. The van der Waals surface area contributed by atoms with E-state index in [-0.39, 0.29) is 12.1 Å². The van der Waals surface area contributed by atoms with E-state index in [9.17, 15) is 13.2 Å². The van der Waals surface area contributed by atoms with Crippen LogP contribution in [0.1, 0.15) is 29.7 Å². The predicted molar refractivity (Wildman–Crippen MR) is 117 cm³/mol. The summed E-state index contributed by atoms with van der Waals surface area (Å²) in [5, 5.41) is 3.84. The van der Waals surface area contributed by atoms with Gasteiger partial charge in [-0.25, -0.2) is 0 Å². The quantitative estimate of drug-likeness (QED) is 0.506. The van der Waals surface area contributed by atoms with Crippen LogP contribution in [-0.4, -0.2) is 22.6 Å². The number of ether oxygens (including phenoxy) is 1. The first-order chi connectivity index (χ1) is 15.4. The molecule has 9 heteroatoms. The largest absolute Gasteiger partial charge is 0.460 e. The lowest BCUT2D eigenvalue weighted by Crippen LogP contribution is -2.32. The average molecular weight is 461 g/mol. The molecule has 0 bridgehead atoms. The second-order valence-corrected chi connectivity index (χ2v) is 8.33. The van der Waals surface area contributed by atoms with E-state index in [2.05, 4.69) is 20.2 Å². The Morgan fingerprint density at radius 1 is 1.03 bits per heavy atom. The van der Waals surface area contributed by atoms with Crippen molar-refractivity contribution in [2.75, 3.05) is 16.8 Å². The Bertz CT molecular complexity index is 1130. The minimum Gasteiger partial charge on any atom is -0.460 e. The molecule has 1 saturated carbocycles. The highest BCUT2D eigenvalue weighted by atomic mass is 35.5. The summed E-state index contributed by atoms with van der Waals surface area (Å²) in [7, 11) is 0. The molecule has 166 valence electrons. The fraction of sp³-hybridized carbons (Fsp3) is 0.304. The summed E-state index contributed by atoms with van der Waals surface area (Å²) in [5.41, 5.74) is 2.50. The van der Waals surface area contributed by atoms with Crippen molar-refractivity contribution >= 4 is 28.8 Å². The molecule has 5 nitrogen and oxygen atoms in total. The molecule has 0 atom stereocenters. The van der Waals surface area contributed by atoms with Crippen LogP contribution in [0.2, 0.25) is 5.02 Å². The molecule has 0 saturated heterocycles. The highest BCUT2D eigenvalue weighted by Crippen LogP contribution is 2.35. The molecule has 0 unspecified atom stereocenters. The first kappa shape index (κ1) is 20.9. The maximum Gasteiger partial charge on any atom is 0.416 e. The Morgan fingerprint density at radius 2 is 1.78 bits per heavy atom. The fourth-order valence-corrected chi connectivity index (χ4v) is 3.95. The number of para-hydroxylation sites is 1. The number of nitrogens with one attached hydrogen (secondary N) is 1. The van der Waals surface area contributed by atoms with Gasteiger partial charge in [-0.3, -0.25) is 0 Å². The number of aromatic nitrogens is 2. The van der Waals surface area contributed by atoms with Gasteiger partial charge >= 0.3 is 12.2 Å². The molecule has 0 spiro atoms. The molecular weight excluding hydrogens is 441 g/mol. The number of nitrogens with zero attached hydrogens (tertiary/aromatic N) is 3. The normalized spacial score (nSPS) is 15.9. The van der Waals surface area contributed by atoms with Crippen LogP contribution in [0.25, 0.3) is 0 Å². The van der Waals surface area contributed by atoms with E-state index in [1.165, 1.54) is 12.1 Å². The zero-order chi connectivity index (χ0) is 22.3. The predicted octanol–water partition coefficient (Wildman–Crippen LogP) is 6.00. The second-order valence-electron chi connectivity index (χ2n) is 7.92. The Balaban J connectivity index is 1.45. The van der Waals surface area contributed by atoms with Crippen molar-refractivity contribution in [1.82, 2.24) is 9.97 Å². The number of rotatable bonds is 5. The number of fused-ring (bicyclic) bond motifs is 1. The number of hydrogen-bond acceptors (Lipinski definition) is 5. The second kappa shape index (κ2) is 8.16. The number of anilines is 3. The molecule has 2 heterocycles. The van der Waals surface area contributed by atoms with Gasteiger partial charge in [-0.1, -0.05) is 23.7 Å². The summed E-state index contributed by atoms with van der Waals surface area (Å²) < 4.78 is 44.5. The third-order valence-electron chi connectivity index (χ3n) is 5.51. The van der Waals surface area contributed by atoms with Crippen LogP contribution in [0.15, 0.2) is 48.5 Å². The molecule has 5 rings (SSSR count). The summed E-state index contributed by atoms with van der Waals surface area (Å²) in [6.07, 6.45) is -1.66. The van der Waals surface area contributed by atoms with Crippen molar-refractivity contribution < 1.29 is 17.9 Å². The Kier molecular flexibility index (Phi) is 5.33. The summed E-state index contributed by atoms with van der Waals surface area (Å²) in [5.74, 6) is 0.559. The highest BCUT2D eigenvalue weighted by molar-refractivity contribution is 6.33. The summed E-state index contributed by atoms with van der Waals surface area (Å²) >= 11 is 6.38. The minimum absolute atomic E-state index is 0.121. The van der Waals surface area contributed by atoms with Crippen LogP contribution in [0, 0.1) is 0 Å². The van der Waals surface area contributed by atoms with Gasteiger partial charge in [0.1, 0.15) is 11.9 Å². The molecule has 1 fully saturated rings. The van der Waals surface area contributed by atoms with E-state index in [1.54, 1.807) is 0 Å². The number of alkyl halides is 3. The number of halogens is 4. The van der Waals surface area contributed by atoms with Gasteiger partial charge in [-0.2, -0.15) is 23.1 Å². The van der Waals surface area contributed by atoms with Gasteiger partial charge in [0.2, 0.25) is 0 Å². The molecular formula is C23H20ClF3N4O. The first-order valence-corrected chi connectivity index (χ1v) is 10.7. The number of benzene rings is 2. The Labute approximate surface area is 188 Å². The Hall–Kier alpha value is -3.00. The summed E-state index contributed by atoms with van der Waals surface area (Å²) in [6.45, 7) is 1.24. The van der Waals surface area contributed by atoms with Gasteiger partial charge in [-0.05, 0) is 55.7 Å². The molecule has 0 radical (unpaired) electrons. The van der Waals surface area contributed by atoms with Gasteiger partial charge in [-0.15, -0.1) is 0 Å². The maximum atomic E-state index is 12.9. The van der Waals surface area contributed by atoms with Crippen LogP contribution in [0.3, 0.4) is 0 Å².